The molecule has 3 heterocycles. The Labute approximate surface area is 209 Å². The highest BCUT2D eigenvalue weighted by Gasteiger charge is 2.29. The molecule has 2 amide bonds. The average Bonchev–Trinajstić information content (AvgIpc) is 3.53. The Morgan fingerprint density at radius 1 is 1.06 bits per heavy atom. The van der Waals surface area contributed by atoms with Gasteiger partial charge in [0.25, 0.3) is 0 Å². The number of carbonyl (C=O) groups is 2. The van der Waals surface area contributed by atoms with Crippen molar-refractivity contribution in [2.24, 2.45) is 0 Å². The molecule has 2 aromatic heterocycles. The highest BCUT2D eigenvalue weighted by atomic mass is 32.2. The average molecular weight is 498 g/mol. The fourth-order valence-corrected chi connectivity index (χ4v) is 5.73. The Morgan fingerprint density at radius 3 is 2.59 bits per heavy atom. The van der Waals surface area contributed by atoms with Gasteiger partial charge in [-0.15, -0.1) is 21.5 Å². The van der Waals surface area contributed by atoms with E-state index in [9.17, 15) is 9.59 Å². The maximum Gasteiger partial charge on any atom is 0.233 e. The van der Waals surface area contributed by atoms with Gasteiger partial charge >= 0.3 is 0 Å². The first-order valence-corrected chi connectivity index (χ1v) is 13.7. The van der Waals surface area contributed by atoms with Gasteiger partial charge in [-0.2, -0.15) is 0 Å². The standard InChI is InChI=1S/C25H31N5O2S2/c1-3-4-6-13-22(31)29-15-14-28(17-19(29)2)23(32)18-34-25-27-26-24(21-12-9-16-33-21)30(25)20-10-7-5-8-11-20/h5,7-12,16,19H,3-4,6,13-15,17-18H2,1-2H3. The molecule has 1 aliphatic heterocycles. The maximum atomic E-state index is 13.0. The van der Waals surface area contributed by atoms with Crippen LogP contribution in [0.1, 0.15) is 39.5 Å². The minimum atomic E-state index is 0.0372. The lowest BCUT2D eigenvalue weighted by molar-refractivity contribution is -0.141. The minimum Gasteiger partial charge on any atom is -0.338 e. The molecule has 34 heavy (non-hydrogen) atoms. The zero-order valence-corrected chi connectivity index (χ0v) is 21.4. The van der Waals surface area contributed by atoms with Crippen LogP contribution in [0.3, 0.4) is 0 Å². The van der Waals surface area contributed by atoms with Crippen LogP contribution in [0.15, 0.2) is 53.0 Å². The molecule has 4 rings (SSSR count). The Kier molecular flexibility index (Phi) is 8.39. The molecule has 1 unspecified atom stereocenters. The summed E-state index contributed by atoms with van der Waals surface area (Å²) < 4.78 is 2.01. The van der Waals surface area contributed by atoms with Gasteiger partial charge in [0.15, 0.2) is 11.0 Å². The number of hydrogen-bond donors (Lipinski definition) is 0. The first-order valence-electron chi connectivity index (χ1n) is 11.8. The quantitative estimate of drug-likeness (QED) is 0.316. The van der Waals surface area contributed by atoms with Gasteiger partial charge in [0.2, 0.25) is 11.8 Å². The van der Waals surface area contributed by atoms with E-state index in [1.807, 2.05) is 69.1 Å². The summed E-state index contributed by atoms with van der Waals surface area (Å²) in [6, 6.07) is 14.0. The normalized spacial score (nSPS) is 16.1. The summed E-state index contributed by atoms with van der Waals surface area (Å²) in [6.07, 6.45) is 3.73. The van der Waals surface area contributed by atoms with E-state index in [2.05, 4.69) is 17.1 Å². The van der Waals surface area contributed by atoms with Gasteiger partial charge in [-0.25, -0.2) is 0 Å². The van der Waals surface area contributed by atoms with Gasteiger partial charge in [0.05, 0.1) is 10.6 Å². The molecule has 1 aromatic carbocycles. The molecule has 0 spiro atoms. The van der Waals surface area contributed by atoms with Gasteiger partial charge in [-0.05, 0) is 36.9 Å². The third-order valence-corrected chi connectivity index (χ3v) is 7.79. The summed E-state index contributed by atoms with van der Waals surface area (Å²) in [4.78, 5) is 30.4. The Hall–Kier alpha value is -2.65. The number of aromatic nitrogens is 3. The topological polar surface area (TPSA) is 71.3 Å². The summed E-state index contributed by atoms with van der Waals surface area (Å²) >= 11 is 3.02. The van der Waals surface area contributed by atoms with Crippen LogP contribution in [0.2, 0.25) is 0 Å². The second-order valence-electron chi connectivity index (χ2n) is 8.48. The third-order valence-electron chi connectivity index (χ3n) is 6.01. The molecule has 1 saturated heterocycles. The van der Waals surface area contributed by atoms with Gasteiger partial charge < -0.3 is 9.80 Å². The zero-order chi connectivity index (χ0) is 23.9. The summed E-state index contributed by atoms with van der Waals surface area (Å²) in [6.45, 7) is 5.93. The summed E-state index contributed by atoms with van der Waals surface area (Å²) in [7, 11) is 0. The van der Waals surface area contributed by atoms with E-state index in [4.69, 9.17) is 0 Å². The van der Waals surface area contributed by atoms with Crippen LogP contribution in [0.4, 0.5) is 0 Å². The number of benzene rings is 1. The maximum absolute atomic E-state index is 13.0. The highest BCUT2D eigenvalue weighted by molar-refractivity contribution is 7.99. The lowest BCUT2D eigenvalue weighted by atomic mass is 10.1. The van der Waals surface area contributed by atoms with E-state index in [1.165, 1.54) is 11.8 Å². The van der Waals surface area contributed by atoms with Crippen molar-refractivity contribution in [2.75, 3.05) is 25.4 Å². The number of para-hydroxylation sites is 1. The van der Waals surface area contributed by atoms with Crippen LogP contribution in [0.5, 0.6) is 0 Å². The Balaban J connectivity index is 1.40. The number of thioether (sulfide) groups is 1. The molecule has 180 valence electrons. The predicted molar refractivity (Wildman–Crippen MR) is 137 cm³/mol. The largest absolute Gasteiger partial charge is 0.338 e. The third kappa shape index (κ3) is 5.70. The number of carbonyl (C=O) groups excluding carboxylic acids is 2. The smallest absolute Gasteiger partial charge is 0.233 e. The van der Waals surface area contributed by atoms with Crippen molar-refractivity contribution in [3.05, 3.63) is 47.8 Å². The van der Waals surface area contributed by atoms with Crippen molar-refractivity contribution in [3.63, 3.8) is 0 Å². The van der Waals surface area contributed by atoms with Crippen molar-refractivity contribution in [3.8, 4) is 16.4 Å². The van der Waals surface area contributed by atoms with E-state index < -0.39 is 0 Å². The number of piperazine rings is 1. The van der Waals surface area contributed by atoms with Crippen LogP contribution < -0.4 is 0 Å². The number of rotatable bonds is 9. The van der Waals surface area contributed by atoms with Crippen molar-refractivity contribution in [1.82, 2.24) is 24.6 Å². The lowest BCUT2D eigenvalue weighted by Crippen LogP contribution is -2.55. The molecule has 0 N–H and O–H groups in total. The van der Waals surface area contributed by atoms with Gasteiger partial charge in [-0.1, -0.05) is 55.8 Å². The molecule has 0 radical (unpaired) electrons. The van der Waals surface area contributed by atoms with E-state index >= 15 is 0 Å². The van der Waals surface area contributed by atoms with Crippen LogP contribution in [-0.2, 0) is 9.59 Å². The number of amides is 2. The number of unbranched alkanes of at least 4 members (excludes halogenated alkanes) is 2. The van der Waals surface area contributed by atoms with Crippen LogP contribution >= 0.6 is 23.1 Å². The van der Waals surface area contributed by atoms with E-state index in [0.717, 1.165) is 35.7 Å². The molecule has 1 fully saturated rings. The molecule has 0 aliphatic carbocycles. The van der Waals surface area contributed by atoms with Gasteiger partial charge in [0, 0.05) is 37.8 Å². The number of nitrogens with zero attached hydrogens (tertiary/aromatic N) is 5. The van der Waals surface area contributed by atoms with Crippen LogP contribution in [-0.4, -0.2) is 67.8 Å². The van der Waals surface area contributed by atoms with Crippen molar-refractivity contribution in [1.29, 1.82) is 0 Å². The summed E-state index contributed by atoms with van der Waals surface area (Å²) in [5.41, 5.74) is 0.967. The van der Waals surface area contributed by atoms with Crippen molar-refractivity contribution in [2.45, 2.75) is 50.7 Å². The first-order chi connectivity index (χ1) is 16.6. The monoisotopic (exact) mass is 497 g/mol. The lowest BCUT2D eigenvalue weighted by Gasteiger charge is -2.40. The summed E-state index contributed by atoms with van der Waals surface area (Å²) in [5.74, 6) is 1.33. The summed E-state index contributed by atoms with van der Waals surface area (Å²) in [5, 5.41) is 11.6. The Morgan fingerprint density at radius 2 is 1.88 bits per heavy atom. The zero-order valence-electron chi connectivity index (χ0n) is 19.7. The molecule has 1 atom stereocenters. The molecule has 1 aliphatic rings. The van der Waals surface area contributed by atoms with Crippen molar-refractivity contribution < 1.29 is 9.59 Å². The van der Waals surface area contributed by atoms with Gasteiger partial charge in [0.1, 0.15) is 0 Å². The van der Waals surface area contributed by atoms with E-state index in [-0.39, 0.29) is 23.6 Å². The SMILES string of the molecule is CCCCCC(=O)N1CCN(C(=O)CSc2nnc(-c3cccs3)n2-c2ccccc2)CC1C. The van der Waals surface area contributed by atoms with Crippen molar-refractivity contribution >= 4 is 34.9 Å². The van der Waals surface area contributed by atoms with Crippen LogP contribution in [0.25, 0.3) is 16.4 Å². The van der Waals surface area contributed by atoms with Crippen LogP contribution in [0, 0.1) is 0 Å². The molecular weight excluding hydrogens is 466 g/mol. The van der Waals surface area contributed by atoms with E-state index in [0.29, 0.717) is 31.2 Å². The van der Waals surface area contributed by atoms with E-state index in [1.54, 1.807) is 11.3 Å². The molecule has 3 aromatic rings. The molecular formula is C25H31N5O2S2. The fraction of sp³-hybridized carbons (Fsp3) is 0.440. The number of thiophene rings is 1. The second-order valence-corrected chi connectivity index (χ2v) is 10.4. The van der Waals surface area contributed by atoms with Gasteiger partial charge in [-0.3, -0.25) is 14.2 Å². The molecule has 9 heteroatoms. The minimum absolute atomic E-state index is 0.0372. The number of hydrogen-bond acceptors (Lipinski definition) is 6. The molecule has 7 nitrogen and oxygen atoms in total. The fourth-order valence-electron chi connectivity index (χ4n) is 4.18. The first kappa shape index (κ1) is 24.5. The highest BCUT2D eigenvalue weighted by Crippen LogP contribution is 2.30. The Bertz CT molecular complexity index is 1080. The predicted octanol–water partition coefficient (Wildman–Crippen LogP) is 4.73. The second kappa shape index (κ2) is 11.7. The molecule has 0 bridgehead atoms. The molecule has 0 saturated carbocycles.